The minimum absolute atomic E-state index is 0.00850. The predicted molar refractivity (Wildman–Crippen MR) is 239 cm³/mol. The van der Waals surface area contributed by atoms with E-state index >= 15 is 0 Å². The Hall–Kier alpha value is -1.44. The van der Waals surface area contributed by atoms with E-state index in [1.165, 1.54) is 141 Å². The summed E-state index contributed by atoms with van der Waals surface area (Å²) in [6.07, 6.45) is 41.3. The Balaban J connectivity index is 1.75. The van der Waals surface area contributed by atoms with Gasteiger partial charge in [0, 0.05) is 25.6 Å². The first kappa shape index (κ1) is 51.7. The van der Waals surface area contributed by atoms with Crippen molar-refractivity contribution >= 4 is 11.9 Å². The van der Waals surface area contributed by atoms with Crippen LogP contribution in [0.4, 0.5) is 0 Å². The molecule has 7 heteroatoms. The quantitative estimate of drug-likeness (QED) is 0.0349. The maximum Gasteiger partial charge on any atom is 0.309 e. The first-order valence-electron chi connectivity index (χ1n) is 24.9. The highest BCUT2D eigenvalue weighted by Gasteiger charge is 2.40. The van der Waals surface area contributed by atoms with E-state index < -0.39 is 0 Å². The van der Waals surface area contributed by atoms with E-state index in [4.69, 9.17) is 18.9 Å². The molecule has 57 heavy (non-hydrogen) atoms. The first-order valence-corrected chi connectivity index (χ1v) is 24.9. The lowest BCUT2D eigenvalue weighted by Crippen LogP contribution is -2.36. The Kier molecular flexibility index (Phi) is 33.0. The summed E-state index contributed by atoms with van der Waals surface area (Å²) in [5.41, 5.74) is 0. The van der Waals surface area contributed by atoms with Crippen LogP contribution in [0, 0.1) is 17.8 Å². The van der Waals surface area contributed by atoms with Gasteiger partial charge in [0.2, 0.25) is 0 Å². The van der Waals surface area contributed by atoms with Gasteiger partial charge in [0.25, 0.3) is 0 Å². The molecule has 1 saturated heterocycles. The number of nitrogens with zero attached hydrogens (tertiary/aromatic N) is 1. The highest BCUT2D eigenvalue weighted by Crippen LogP contribution is 2.40. The van der Waals surface area contributed by atoms with E-state index in [0.29, 0.717) is 19.6 Å². The molecule has 1 aliphatic heterocycles. The Morgan fingerprint density at radius 3 is 1.65 bits per heavy atom. The van der Waals surface area contributed by atoms with Crippen LogP contribution in [0.5, 0.6) is 0 Å². The number of ether oxygens (including phenoxy) is 4. The maximum atomic E-state index is 13.3. The van der Waals surface area contributed by atoms with Gasteiger partial charge in [-0.3, -0.25) is 9.59 Å². The molecule has 0 spiro atoms. The molecule has 2 aliphatic rings. The van der Waals surface area contributed by atoms with E-state index in [2.05, 4.69) is 44.9 Å². The molecular weight excluding hydrogens is 711 g/mol. The zero-order valence-electron chi connectivity index (χ0n) is 38.1. The second-order valence-electron chi connectivity index (χ2n) is 17.9. The summed E-state index contributed by atoms with van der Waals surface area (Å²) in [6.45, 7) is 10.7. The molecule has 0 N–H and O–H groups in total. The molecule has 2 fully saturated rings. The third-order valence-electron chi connectivity index (χ3n) is 12.7. The number of esters is 2. The molecule has 0 aromatic carbocycles. The monoisotopic (exact) mass is 804 g/mol. The van der Waals surface area contributed by atoms with Crippen LogP contribution in [0.1, 0.15) is 220 Å². The van der Waals surface area contributed by atoms with Crippen LogP contribution in [-0.4, -0.2) is 75.6 Å². The number of unbranched alkanes of at least 4 members (excludes halogenated alkanes) is 22. The van der Waals surface area contributed by atoms with E-state index in [1.807, 2.05) is 0 Å². The second-order valence-corrected chi connectivity index (χ2v) is 17.9. The predicted octanol–water partition coefficient (Wildman–Crippen LogP) is 13.4. The van der Waals surface area contributed by atoms with Crippen molar-refractivity contribution in [2.75, 3.05) is 46.6 Å². The second kappa shape index (κ2) is 36.4. The number of carbonyl (C=O) groups excluding carboxylic acids is 2. The normalized spacial score (nSPS) is 19.8. The number of allylic oxidation sites excluding steroid dienone is 2. The summed E-state index contributed by atoms with van der Waals surface area (Å²) in [6, 6.07) is 0. The molecule has 1 saturated carbocycles. The van der Waals surface area contributed by atoms with Crippen molar-refractivity contribution in [2.45, 2.75) is 232 Å². The van der Waals surface area contributed by atoms with Crippen molar-refractivity contribution in [3.63, 3.8) is 0 Å². The Labute approximate surface area is 352 Å². The summed E-state index contributed by atoms with van der Waals surface area (Å²) < 4.78 is 24.5. The molecular formula is C50H93NO6. The third-order valence-corrected chi connectivity index (χ3v) is 12.7. The Bertz CT molecular complexity index is 964. The minimum Gasteiger partial charge on any atom is -0.463 e. The van der Waals surface area contributed by atoms with E-state index in [-0.39, 0.29) is 48.5 Å². The summed E-state index contributed by atoms with van der Waals surface area (Å²) in [4.78, 5) is 28.7. The number of hydrogen-bond donors (Lipinski definition) is 0. The van der Waals surface area contributed by atoms with Gasteiger partial charge in [-0.15, -0.1) is 0 Å². The van der Waals surface area contributed by atoms with Crippen molar-refractivity contribution in [1.82, 2.24) is 4.90 Å². The van der Waals surface area contributed by atoms with Crippen LogP contribution in [0.25, 0.3) is 0 Å². The number of rotatable bonds is 38. The van der Waals surface area contributed by atoms with Crippen LogP contribution >= 0.6 is 0 Å². The van der Waals surface area contributed by atoms with E-state index in [1.54, 1.807) is 0 Å². The van der Waals surface area contributed by atoms with Gasteiger partial charge in [-0.25, -0.2) is 0 Å². The van der Waals surface area contributed by atoms with Gasteiger partial charge < -0.3 is 23.8 Å². The highest BCUT2D eigenvalue weighted by molar-refractivity contribution is 5.73. The first-order chi connectivity index (χ1) is 28.0. The standard InChI is InChI=1S/C50H93NO6/c1-5-8-11-13-15-17-19-21-23-25-27-30-39-54-42-46(55-40-31-28-26-24-22-20-18-16-14-12-9-6-2)43-56-49(52)41-45-33-34-48(47(45)32-29-10-7-3)57-50(53)44-35-37-51(4)38-36-44/h10,29,44-48H,5-9,11-28,30-43H2,1-4H3/b29-10-. The molecule has 1 aliphatic carbocycles. The molecule has 7 nitrogen and oxygen atoms in total. The summed E-state index contributed by atoms with van der Waals surface area (Å²) in [5, 5.41) is 0. The average molecular weight is 804 g/mol. The third kappa shape index (κ3) is 27.1. The highest BCUT2D eigenvalue weighted by atomic mass is 16.6. The van der Waals surface area contributed by atoms with Crippen molar-refractivity contribution < 1.29 is 28.5 Å². The van der Waals surface area contributed by atoms with Crippen LogP contribution in [-0.2, 0) is 28.5 Å². The van der Waals surface area contributed by atoms with Crippen molar-refractivity contribution in [2.24, 2.45) is 17.8 Å². The molecule has 4 unspecified atom stereocenters. The fourth-order valence-electron chi connectivity index (χ4n) is 8.82. The maximum absolute atomic E-state index is 13.3. The fraction of sp³-hybridized carbons (Fsp3) is 0.920. The number of piperidine rings is 1. The molecule has 0 aromatic heterocycles. The molecule has 1 heterocycles. The molecule has 0 amide bonds. The fourth-order valence-corrected chi connectivity index (χ4v) is 8.82. The summed E-state index contributed by atoms with van der Waals surface area (Å²) >= 11 is 0. The Morgan fingerprint density at radius 2 is 1.12 bits per heavy atom. The van der Waals surface area contributed by atoms with E-state index in [0.717, 1.165) is 71.1 Å². The van der Waals surface area contributed by atoms with Crippen molar-refractivity contribution in [3.8, 4) is 0 Å². The van der Waals surface area contributed by atoms with Gasteiger partial charge in [-0.2, -0.15) is 0 Å². The van der Waals surface area contributed by atoms with Gasteiger partial charge in [-0.05, 0) is 77.4 Å². The minimum atomic E-state index is -0.242. The SMILES string of the molecule is CC/C=C\CC1C(CC(=O)OCC(COCCCCCCCCCCCCCC)OCCCCCCCCCCCCCC)CCC1OC(=O)C1CCN(C)CC1. The lowest BCUT2D eigenvalue weighted by Gasteiger charge is -2.30. The van der Waals surface area contributed by atoms with Gasteiger partial charge >= 0.3 is 11.9 Å². The van der Waals surface area contributed by atoms with Crippen LogP contribution in [0.15, 0.2) is 12.2 Å². The lowest BCUT2D eigenvalue weighted by atomic mass is 9.88. The van der Waals surface area contributed by atoms with Gasteiger partial charge in [-0.1, -0.05) is 174 Å². The van der Waals surface area contributed by atoms with Gasteiger partial charge in [0.1, 0.15) is 18.8 Å². The van der Waals surface area contributed by atoms with Crippen LogP contribution in [0.2, 0.25) is 0 Å². The molecule has 4 atom stereocenters. The molecule has 0 bridgehead atoms. The number of likely N-dealkylation sites (tertiary alicyclic amines) is 1. The van der Waals surface area contributed by atoms with Crippen LogP contribution < -0.4 is 0 Å². The lowest BCUT2D eigenvalue weighted by molar-refractivity contribution is -0.158. The smallest absolute Gasteiger partial charge is 0.309 e. The van der Waals surface area contributed by atoms with Crippen molar-refractivity contribution in [1.29, 1.82) is 0 Å². The zero-order valence-corrected chi connectivity index (χ0v) is 38.1. The Morgan fingerprint density at radius 1 is 0.614 bits per heavy atom. The molecule has 334 valence electrons. The van der Waals surface area contributed by atoms with Crippen molar-refractivity contribution in [3.05, 3.63) is 12.2 Å². The van der Waals surface area contributed by atoms with Crippen LogP contribution in [0.3, 0.4) is 0 Å². The largest absolute Gasteiger partial charge is 0.463 e. The number of hydrogen-bond acceptors (Lipinski definition) is 7. The molecule has 0 aromatic rings. The summed E-state index contributed by atoms with van der Waals surface area (Å²) in [7, 11) is 2.11. The number of carbonyl (C=O) groups is 2. The van der Waals surface area contributed by atoms with Gasteiger partial charge in [0.05, 0.1) is 12.5 Å². The van der Waals surface area contributed by atoms with E-state index in [9.17, 15) is 9.59 Å². The zero-order chi connectivity index (χ0) is 41.0. The molecule has 2 rings (SSSR count). The molecule has 0 radical (unpaired) electrons. The average Bonchev–Trinajstić information content (AvgIpc) is 3.58. The van der Waals surface area contributed by atoms with Gasteiger partial charge in [0.15, 0.2) is 0 Å². The topological polar surface area (TPSA) is 74.3 Å². The summed E-state index contributed by atoms with van der Waals surface area (Å²) in [5.74, 6) is 0.0685.